The summed E-state index contributed by atoms with van der Waals surface area (Å²) in [7, 11) is -2.98. The molecule has 0 N–H and O–H groups in total. The molecular formula is C10H21NO2S. The van der Waals surface area contributed by atoms with E-state index in [9.17, 15) is 8.42 Å². The van der Waals surface area contributed by atoms with Crippen LogP contribution in [0.5, 0.6) is 0 Å². The lowest BCUT2D eigenvalue weighted by molar-refractivity contribution is 0.302. The van der Waals surface area contributed by atoms with Gasteiger partial charge in [-0.3, -0.25) is 0 Å². The molecular weight excluding hydrogens is 198 g/mol. The summed E-state index contributed by atoms with van der Waals surface area (Å²) in [5.41, 5.74) is 0. The van der Waals surface area contributed by atoms with Crippen molar-refractivity contribution < 1.29 is 8.42 Å². The summed E-state index contributed by atoms with van der Waals surface area (Å²) in [4.78, 5) is 0. The van der Waals surface area contributed by atoms with Crippen molar-refractivity contribution in [1.29, 1.82) is 0 Å². The molecule has 1 atom stereocenters. The van der Waals surface area contributed by atoms with Crippen LogP contribution in [-0.4, -0.2) is 32.1 Å². The average molecular weight is 219 g/mol. The summed E-state index contributed by atoms with van der Waals surface area (Å²) in [6.07, 6.45) is 4.66. The first-order valence-electron chi connectivity index (χ1n) is 5.36. The first kappa shape index (κ1) is 12.0. The summed E-state index contributed by atoms with van der Waals surface area (Å²) in [5, 5.41) is 0. The van der Waals surface area contributed by atoms with Crippen molar-refractivity contribution >= 4 is 10.0 Å². The lowest BCUT2D eigenvalue weighted by atomic mass is 9.92. The van der Waals surface area contributed by atoms with Crippen LogP contribution in [0.4, 0.5) is 0 Å². The molecule has 1 rings (SSSR count). The van der Waals surface area contributed by atoms with E-state index < -0.39 is 10.0 Å². The molecule has 0 amide bonds. The second-order valence-corrected chi connectivity index (χ2v) is 6.60. The Morgan fingerprint density at radius 1 is 1.29 bits per heavy atom. The predicted molar refractivity (Wildman–Crippen MR) is 58.6 cm³/mol. The van der Waals surface area contributed by atoms with Crippen LogP contribution < -0.4 is 0 Å². The molecule has 1 saturated heterocycles. The van der Waals surface area contributed by atoms with Crippen molar-refractivity contribution in [2.45, 2.75) is 33.1 Å². The van der Waals surface area contributed by atoms with Crippen LogP contribution in [0, 0.1) is 11.8 Å². The van der Waals surface area contributed by atoms with Gasteiger partial charge in [-0.2, -0.15) is 0 Å². The molecule has 0 bridgehead atoms. The lowest BCUT2D eigenvalue weighted by Gasteiger charge is -2.24. The molecule has 0 aromatic heterocycles. The average Bonchev–Trinajstić information content (AvgIpc) is 2.26. The summed E-state index contributed by atoms with van der Waals surface area (Å²) < 4.78 is 24.5. The molecule has 1 aliphatic heterocycles. The highest BCUT2D eigenvalue weighted by Gasteiger charge is 2.25. The minimum atomic E-state index is -2.98. The van der Waals surface area contributed by atoms with Gasteiger partial charge in [-0.1, -0.05) is 20.3 Å². The van der Waals surface area contributed by atoms with Crippen molar-refractivity contribution in [3.63, 3.8) is 0 Å². The van der Waals surface area contributed by atoms with E-state index in [0.717, 1.165) is 19.4 Å². The van der Waals surface area contributed by atoms with Gasteiger partial charge in [-0.05, 0) is 24.7 Å². The van der Waals surface area contributed by atoms with E-state index in [2.05, 4.69) is 13.8 Å². The molecule has 0 saturated carbocycles. The van der Waals surface area contributed by atoms with Gasteiger partial charge in [-0.25, -0.2) is 12.7 Å². The molecule has 0 spiro atoms. The smallest absolute Gasteiger partial charge is 0.211 e. The Kier molecular flexibility index (Phi) is 3.95. The molecule has 4 heteroatoms. The highest BCUT2D eigenvalue weighted by molar-refractivity contribution is 7.88. The van der Waals surface area contributed by atoms with Crippen LogP contribution >= 0.6 is 0 Å². The van der Waals surface area contributed by atoms with Crippen LogP contribution in [0.25, 0.3) is 0 Å². The number of sulfonamides is 1. The number of hydrogen-bond acceptors (Lipinski definition) is 2. The fourth-order valence-electron chi connectivity index (χ4n) is 1.98. The molecule has 1 unspecified atom stereocenters. The van der Waals surface area contributed by atoms with E-state index in [4.69, 9.17) is 0 Å². The standard InChI is InChI=1S/C10H21NO2S/c1-9(2)10-6-4-5-7-11(8-10)14(3,12)13/h9-10H,4-8H2,1-3H3. The normalized spacial score (nSPS) is 26.4. The maximum atomic E-state index is 11.4. The number of nitrogens with zero attached hydrogens (tertiary/aromatic N) is 1. The summed E-state index contributed by atoms with van der Waals surface area (Å²) in [6.45, 7) is 5.78. The Hall–Kier alpha value is -0.0900. The highest BCUT2D eigenvalue weighted by atomic mass is 32.2. The van der Waals surface area contributed by atoms with Gasteiger partial charge in [0.05, 0.1) is 6.26 Å². The van der Waals surface area contributed by atoms with Crippen LogP contribution in [0.2, 0.25) is 0 Å². The van der Waals surface area contributed by atoms with E-state index in [0.29, 0.717) is 18.4 Å². The fraction of sp³-hybridized carbons (Fsp3) is 1.00. The Balaban J connectivity index is 2.70. The van der Waals surface area contributed by atoms with E-state index in [1.54, 1.807) is 4.31 Å². The van der Waals surface area contributed by atoms with E-state index in [1.807, 2.05) is 0 Å². The van der Waals surface area contributed by atoms with Gasteiger partial charge >= 0.3 is 0 Å². The third-order valence-electron chi connectivity index (χ3n) is 3.08. The van der Waals surface area contributed by atoms with Gasteiger partial charge in [0, 0.05) is 13.1 Å². The van der Waals surface area contributed by atoms with Crippen molar-refractivity contribution in [1.82, 2.24) is 4.31 Å². The first-order chi connectivity index (χ1) is 6.41. The molecule has 0 aliphatic carbocycles. The van der Waals surface area contributed by atoms with Crippen molar-refractivity contribution in [3.8, 4) is 0 Å². The van der Waals surface area contributed by atoms with Crippen molar-refractivity contribution in [2.75, 3.05) is 19.3 Å². The molecule has 0 aromatic carbocycles. The number of hydrogen-bond donors (Lipinski definition) is 0. The Morgan fingerprint density at radius 3 is 2.43 bits per heavy atom. The number of rotatable bonds is 2. The summed E-state index contributed by atoms with van der Waals surface area (Å²) in [5.74, 6) is 1.12. The van der Waals surface area contributed by atoms with E-state index in [-0.39, 0.29) is 0 Å². The maximum absolute atomic E-state index is 11.4. The molecule has 1 heterocycles. The topological polar surface area (TPSA) is 37.4 Å². The predicted octanol–water partition coefficient (Wildman–Crippen LogP) is 1.70. The highest BCUT2D eigenvalue weighted by Crippen LogP contribution is 2.24. The lowest BCUT2D eigenvalue weighted by Crippen LogP contribution is -2.35. The zero-order chi connectivity index (χ0) is 10.8. The Bertz CT molecular complexity index is 272. The molecule has 1 fully saturated rings. The van der Waals surface area contributed by atoms with Gasteiger partial charge in [0.15, 0.2) is 0 Å². The van der Waals surface area contributed by atoms with Gasteiger partial charge in [-0.15, -0.1) is 0 Å². The fourth-order valence-corrected chi connectivity index (χ4v) is 2.91. The molecule has 0 aromatic rings. The van der Waals surface area contributed by atoms with Crippen molar-refractivity contribution in [2.24, 2.45) is 11.8 Å². The van der Waals surface area contributed by atoms with Crippen LogP contribution in [0.15, 0.2) is 0 Å². The Morgan fingerprint density at radius 2 is 1.93 bits per heavy atom. The van der Waals surface area contributed by atoms with Crippen LogP contribution in [0.3, 0.4) is 0 Å². The second kappa shape index (κ2) is 4.62. The minimum absolute atomic E-state index is 0.534. The van der Waals surface area contributed by atoms with Gasteiger partial charge in [0.2, 0.25) is 10.0 Å². The molecule has 84 valence electrons. The zero-order valence-corrected chi connectivity index (χ0v) is 10.2. The van der Waals surface area contributed by atoms with Crippen LogP contribution in [0.1, 0.15) is 33.1 Å². The summed E-state index contributed by atoms with van der Waals surface area (Å²) in [6, 6.07) is 0. The van der Waals surface area contributed by atoms with E-state index >= 15 is 0 Å². The first-order valence-corrected chi connectivity index (χ1v) is 7.21. The van der Waals surface area contributed by atoms with Crippen LogP contribution in [-0.2, 0) is 10.0 Å². The third kappa shape index (κ3) is 3.24. The monoisotopic (exact) mass is 219 g/mol. The SMILES string of the molecule is CC(C)C1CCCCN(S(C)(=O)=O)C1. The molecule has 0 radical (unpaired) electrons. The second-order valence-electron chi connectivity index (χ2n) is 4.62. The Labute approximate surface area is 87.5 Å². The summed E-state index contributed by atoms with van der Waals surface area (Å²) >= 11 is 0. The van der Waals surface area contributed by atoms with Gasteiger partial charge in [0.1, 0.15) is 0 Å². The molecule has 1 aliphatic rings. The molecule has 3 nitrogen and oxygen atoms in total. The van der Waals surface area contributed by atoms with Gasteiger partial charge < -0.3 is 0 Å². The largest absolute Gasteiger partial charge is 0.213 e. The van der Waals surface area contributed by atoms with E-state index in [1.165, 1.54) is 12.7 Å². The zero-order valence-electron chi connectivity index (χ0n) is 9.36. The quantitative estimate of drug-likeness (QED) is 0.709. The third-order valence-corrected chi connectivity index (χ3v) is 4.35. The minimum Gasteiger partial charge on any atom is -0.213 e. The van der Waals surface area contributed by atoms with Crippen molar-refractivity contribution in [3.05, 3.63) is 0 Å². The maximum Gasteiger partial charge on any atom is 0.211 e. The van der Waals surface area contributed by atoms with Gasteiger partial charge in [0.25, 0.3) is 0 Å². The molecule has 14 heavy (non-hydrogen) atoms.